The van der Waals surface area contributed by atoms with Gasteiger partial charge in [-0.3, -0.25) is 4.79 Å². The fourth-order valence-electron chi connectivity index (χ4n) is 1.74. The van der Waals surface area contributed by atoms with Crippen LogP contribution in [-0.2, 0) is 0 Å². The Morgan fingerprint density at radius 2 is 1.95 bits per heavy atom. The summed E-state index contributed by atoms with van der Waals surface area (Å²) in [6.07, 6.45) is -0.704. The summed E-state index contributed by atoms with van der Waals surface area (Å²) in [5.74, 6) is -2.16. The molecule has 0 fully saturated rings. The second-order valence-electron chi connectivity index (χ2n) is 4.38. The predicted molar refractivity (Wildman–Crippen MR) is 69.2 cm³/mol. The number of hydrogen-bond acceptors (Lipinski definition) is 3. The number of rotatable bonds is 5. The van der Waals surface area contributed by atoms with Crippen molar-refractivity contribution in [1.29, 1.82) is 0 Å². The number of carbonyl (C=O) groups is 1. The number of carbonyl (C=O) groups excluding carboxylic acids is 1. The van der Waals surface area contributed by atoms with Crippen LogP contribution in [0.3, 0.4) is 0 Å². The van der Waals surface area contributed by atoms with E-state index in [1.165, 1.54) is 18.9 Å². The predicted octanol–water partition coefficient (Wildman–Crippen LogP) is 1.85. The molecule has 0 saturated heterocycles. The summed E-state index contributed by atoms with van der Waals surface area (Å²) in [4.78, 5) is 13.1. The zero-order chi connectivity index (χ0) is 14.6. The van der Waals surface area contributed by atoms with Crippen molar-refractivity contribution >= 4 is 11.6 Å². The molecule has 0 aromatic heterocycles. The zero-order valence-corrected chi connectivity index (χ0v) is 11.2. The molecule has 0 spiro atoms. The van der Waals surface area contributed by atoms with Gasteiger partial charge in [0.1, 0.15) is 17.3 Å². The highest BCUT2D eigenvalue weighted by Crippen LogP contribution is 2.21. The molecule has 1 unspecified atom stereocenters. The number of nitrogens with one attached hydrogen (secondary N) is 1. The van der Waals surface area contributed by atoms with Crippen LogP contribution in [0.1, 0.15) is 24.2 Å². The molecule has 1 rings (SSSR count). The first-order valence-electron chi connectivity index (χ1n) is 6.03. The van der Waals surface area contributed by atoms with E-state index >= 15 is 0 Å². The van der Waals surface area contributed by atoms with Gasteiger partial charge in [-0.05, 0) is 26.0 Å². The second kappa shape index (κ2) is 6.47. The van der Waals surface area contributed by atoms with Crippen LogP contribution in [0.5, 0.6) is 0 Å². The number of benzene rings is 1. The molecule has 1 aromatic rings. The molecule has 1 amide bonds. The minimum absolute atomic E-state index is 0.0835. The van der Waals surface area contributed by atoms with Crippen molar-refractivity contribution in [2.75, 3.05) is 25.5 Å². The third-order valence-electron chi connectivity index (χ3n) is 2.53. The lowest BCUT2D eigenvalue weighted by Gasteiger charge is -2.19. The Morgan fingerprint density at radius 3 is 2.37 bits per heavy atom. The maximum Gasteiger partial charge on any atom is 0.253 e. The van der Waals surface area contributed by atoms with E-state index in [0.717, 1.165) is 12.1 Å². The van der Waals surface area contributed by atoms with Gasteiger partial charge < -0.3 is 15.3 Å². The van der Waals surface area contributed by atoms with Crippen molar-refractivity contribution in [1.82, 2.24) is 4.90 Å². The van der Waals surface area contributed by atoms with E-state index in [-0.39, 0.29) is 17.8 Å². The number of aliphatic hydroxyl groups excluding tert-OH is 1. The standard InChI is InChI=1S/C13H18F2N2O2/c1-4-16-12-10(14)5-9(6-11(12)15)13(19)17(3)7-8(2)18/h5-6,8,16,18H,4,7H2,1-3H3. The summed E-state index contributed by atoms with van der Waals surface area (Å²) in [6.45, 7) is 3.72. The summed E-state index contributed by atoms with van der Waals surface area (Å²) < 4.78 is 27.3. The molecule has 1 atom stereocenters. The molecule has 106 valence electrons. The van der Waals surface area contributed by atoms with E-state index in [1.54, 1.807) is 6.92 Å². The van der Waals surface area contributed by atoms with Crippen LogP contribution in [0.15, 0.2) is 12.1 Å². The number of hydrogen-bond donors (Lipinski definition) is 2. The quantitative estimate of drug-likeness (QED) is 0.860. The minimum Gasteiger partial charge on any atom is -0.392 e. The van der Waals surface area contributed by atoms with E-state index < -0.39 is 23.6 Å². The Bertz CT molecular complexity index is 441. The van der Waals surface area contributed by atoms with Crippen LogP contribution < -0.4 is 5.32 Å². The third-order valence-corrected chi connectivity index (χ3v) is 2.53. The van der Waals surface area contributed by atoms with Crippen molar-refractivity contribution in [3.05, 3.63) is 29.3 Å². The first-order chi connectivity index (χ1) is 8.86. The number of aliphatic hydroxyl groups is 1. The van der Waals surface area contributed by atoms with E-state index in [9.17, 15) is 18.7 Å². The molecule has 0 bridgehead atoms. The van der Waals surface area contributed by atoms with Gasteiger partial charge in [0.15, 0.2) is 0 Å². The maximum absolute atomic E-state index is 13.7. The van der Waals surface area contributed by atoms with Crippen molar-refractivity contribution in [2.24, 2.45) is 0 Å². The van der Waals surface area contributed by atoms with Crippen LogP contribution in [0.25, 0.3) is 0 Å². The molecule has 0 heterocycles. The van der Waals surface area contributed by atoms with Crippen LogP contribution in [-0.4, -0.2) is 42.2 Å². The van der Waals surface area contributed by atoms with Gasteiger partial charge in [0.25, 0.3) is 5.91 Å². The average Bonchev–Trinajstić information content (AvgIpc) is 2.31. The number of amides is 1. The van der Waals surface area contributed by atoms with Crippen LogP contribution in [0.2, 0.25) is 0 Å². The van der Waals surface area contributed by atoms with Gasteiger partial charge in [-0.15, -0.1) is 0 Å². The van der Waals surface area contributed by atoms with E-state index in [2.05, 4.69) is 5.32 Å². The minimum atomic E-state index is -0.810. The van der Waals surface area contributed by atoms with Crippen molar-refractivity contribution in [3.8, 4) is 0 Å². The molecule has 0 aliphatic heterocycles. The van der Waals surface area contributed by atoms with Crippen LogP contribution in [0, 0.1) is 11.6 Å². The molecule has 19 heavy (non-hydrogen) atoms. The number of likely N-dealkylation sites (N-methyl/N-ethyl adjacent to an activating group) is 1. The van der Waals surface area contributed by atoms with Gasteiger partial charge in [0, 0.05) is 25.7 Å². The van der Waals surface area contributed by atoms with Gasteiger partial charge in [0.05, 0.1) is 6.10 Å². The monoisotopic (exact) mass is 272 g/mol. The SMILES string of the molecule is CCNc1c(F)cc(C(=O)N(C)CC(C)O)cc1F. The lowest BCUT2D eigenvalue weighted by atomic mass is 10.1. The largest absolute Gasteiger partial charge is 0.392 e. The molecule has 4 nitrogen and oxygen atoms in total. The Labute approximate surface area is 111 Å². The Hall–Kier alpha value is -1.69. The van der Waals surface area contributed by atoms with Crippen LogP contribution >= 0.6 is 0 Å². The highest BCUT2D eigenvalue weighted by Gasteiger charge is 2.18. The zero-order valence-electron chi connectivity index (χ0n) is 11.2. The lowest BCUT2D eigenvalue weighted by Crippen LogP contribution is -2.33. The van der Waals surface area contributed by atoms with Crippen molar-refractivity contribution in [2.45, 2.75) is 20.0 Å². The Morgan fingerprint density at radius 1 is 1.42 bits per heavy atom. The highest BCUT2D eigenvalue weighted by molar-refractivity contribution is 5.94. The fourth-order valence-corrected chi connectivity index (χ4v) is 1.74. The second-order valence-corrected chi connectivity index (χ2v) is 4.38. The van der Waals surface area contributed by atoms with Gasteiger partial charge in [-0.25, -0.2) is 8.78 Å². The molecule has 1 aromatic carbocycles. The molecule has 0 radical (unpaired) electrons. The van der Waals surface area contributed by atoms with E-state index in [0.29, 0.717) is 6.54 Å². The van der Waals surface area contributed by atoms with Gasteiger partial charge >= 0.3 is 0 Å². The number of nitrogens with zero attached hydrogens (tertiary/aromatic N) is 1. The first-order valence-corrected chi connectivity index (χ1v) is 6.03. The molecule has 6 heteroatoms. The molecule has 0 aliphatic carbocycles. The smallest absolute Gasteiger partial charge is 0.253 e. The van der Waals surface area contributed by atoms with Gasteiger partial charge in [-0.2, -0.15) is 0 Å². The molecular formula is C13H18F2N2O2. The van der Waals surface area contributed by atoms with Crippen molar-refractivity contribution < 1.29 is 18.7 Å². The summed E-state index contributed by atoms with van der Waals surface area (Å²) in [5, 5.41) is 11.7. The Balaban J connectivity index is 2.99. The fraction of sp³-hybridized carbons (Fsp3) is 0.462. The highest BCUT2D eigenvalue weighted by atomic mass is 19.1. The molecule has 0 aliphatic rings. The maximum atomic E-state index is 13.7. The lowest BCUT2D eigenvalue weighted by molar-refractivity contribution is 0.0703. The van der Waals surface area contributed by atoms with Crippen molar-refractivity contribution in [3.63, 3.8) is 0 Å². The normalized spacial score (nSPS) is 12.1. The number of anilines is 1. The Kier molecular flexibility index (Phi) is 5.23. The topological polar surface area (TPSA) is 52.6 Å². The number of halogens is 2. The molecule has 0 saturated carbocycles. The summed E-state index contributed by atoms with van der Waals surface area (Å²) >= 11 is 0. The molecular weight excluding hydrogens is 254 g/mol. The van der Waals surface area contributed by atoms with Gasteiger partial charge in [0.2, 0.25) is 0 Å². The summed E-state index contributed by atoms with van der Waals surface area (Å²) in [6, 6.07) is 1.98. The average molecular weight is 272 g/mol. The van der Waals surface area contributed by atoms with Crippen LogP contribution in [0.4, 0.5) is 14.5 Å². The van der Waals surface area contributed by atoms with E-state index in [1.807, 2.05) is 0 Å². The van der Waals surface area contributed by atoms with E-state index in [4.69, 9.17) is 0 Å². The molecule has 2 N–H and O–H groups in total. The third kappa shape index (κ3) is 3.89. The first kappa shape index (κ1) is 15.4. The summed E-state index contributed by atoms with van der Waals surface area (Å²) in [5.41, 5.74) is -0.322. The summed E-state index contributed by atoms with van der Waals surface area (Å²) in [7, 11) is 1.46. The van der Waals surface area contributed by atoms with Gasteiger partial charge in [-0.1, -0.05) is 0 Å².